The van der Waals surface area contributed by atoms with Crippen molar-refractivity contribution in [2.24, 2.45) is 0 Å². The minimum atomic E-state index is -1.17. The van der Waals surface area contributed by atoms with Crippen molar-refractivity contribution in [2.75, 3.05) is 11.5 Å². The van der Waals surface area contributed by atoms with Crippen LogP contribution in [0.15, 0.2) is 66.7 Å². The van der Waals surface area contributed by atoms with E-state index < -0.39 is 36.3 Å². The average molecular weight is 442 g/mol. The predicted molar refractivity (Wildman–Crippen MR) is 114 cm³/mol. The number of ether oxygens (including phenoxy) is 1. The Bertz CT molecular complexity index is 1010. The lowest BCUT2D eigenvalue weighted by Gasteiger charge is -2.26. The maximum absolute atomic E-state index is 13.0. The Hall–Kier alpha value is -3.65. The van der Waals surface area contributed by atoms with E-state index in [1.807, 2.05) is 0 Å². The van der Waals surface area contributed by atoms with Crippen LogP contribution in [0.1, 0.15) is 13.3 Å². The monoisotopic (exact) mass is 441 g/mol. The Morgan fingerprint density at radius 3 is 2.48 bits per heavy atom. The van der Waals surface area contributed by atoms with Gasteiger partial charge in [-0.05, 0) is 43.3 Å². The second kappa shape index (κ2) is 9.90. The van der Waals surface area contributed by atoms with Gasteiger partial charge in [0.05, 0.1) is 12.1 Å². The van der Waals surface area contributed by atoms with Gasteiger partial charge in [0.15, 0.2) is 6.61 Å². The van der Waals surface area contributed by atoms with E-state index in [9.17, 15) is 19.2 Å². The van der Waals surface area contributed by atoms with Crippen molar-refractivity contribution in [3.63, 3.8) is 0 Å². The summed E-state index contributed by atoms with van der Waals surface area (Å²) in [7, 11) is 0. The molecule has 1 atom stereocenters. The van der Waals surface area contributed by atoms with E-state index in [1.54, 1.807) is 61.5 Å². The number of halogens is 1. The van der Waals surface area contributed by atoms with Gasteiger partial charge in [0.25, 0.3) is 17.7 Å². The summed E-state index contributed by atoms with van der Waals surface area (Å²) in [5, 5.41) is 1.39. The molecular formula is C22H20ClN3O5. The Balaban J connectivity index is 1.73. The number of hydrogen-bond donors (Lipinski definition) is 1. The molecule has 1 aliphatic rings. The molecule has 9 heteroatoms. The summed E-state index contributed by atoms with van der Waals surface area (Å²) in [5.41, 5.74) is 2.79. The minimum Gasteiger partial charge on any atom is -0.484 e. The third kappa shape index (κ3) is 5.29. The van der Waals surface area contributed by atoms with Crippen LogP contribution in [0, 0.1) is 0 Å². The number of imide groups is 1. The van der Waals surface area contributed by atoms with Crippen LogP contribution in [0.2, 0.25) is 5.02 Å². The first kappa shape index (κ1) is 22.0. The van der Waals surface area contributed by atoms with Gasteiger partial charge in [-0.1, -0.05) is 35.9 Å². The largest absolute Gasteiger partial charge is 0.484 e. The fraction of sp³-hybridized carbons (Fsp3) is 0.182. The number of nitrogens with zero attached hydrogens (tertiary/aromatic N) is 2. The van der Waals surface area contributed by atoms with Gasteiger partial charge in [0.2, 0.25) is 5.91 Å². The van der Waals surface area contributed by atoms with Crippen LogP contribution in [0.4, 0.5) is 5.69 Å². The molecule has 1 heterocycles. The van der Waals surface area contributed by atoms with Gasteiger partial charge in [-0.25, -0.2) is 9.91 Å². The van der Waals surface area contributed by atoms with Gasteiger partial charge >= 0.3 is 0 Å². The lowest BCUT2D eigenvalue weighted by molar-refractivity contribution is -0.144. The number of amides is 4. The van der Waals surface area contributed by atoms with Gasteiger partial charge in [-0.3, -0.25) is 24.6 Å². The predicted octanol–water partition coefficient (Wildman–Crippen LogP) is 2.49. The van der Waals surface area contributed by atoms with Crippen LogP contribution in [0.25, 0.3) is 0 Å². The Kier molecular flexibility index (Phi) is 7.04. The number of allylic oxidation sites excluding steroid dienone is 1. The first-order valence-corrected chi connectivity index (χ1v) is 9.84. The number of hydrazine groups is 1. The molecular weight excluding hydrogens is 422 g/mol. The number of hydrogen-bond acceptors (Lipinski definition) is 5. The average Bonchev–Trinajstić information content (AvgIpc) is 3.06. The number of nitrogens with one attached hydrogen (secondary N) is 1. The number of carbonyl (C=O) groups is 4. The highest BCUT2D eigenvalue weighted by Gasteiger charge is 2.44. The zero-order chi connectivity index (χ0) is 22.4. The Morgan fingerprint density at radius 2 is 1.84 bits per heavy atom. The van der Waals surface area contributed by atoms with Crippen molar-refractivity contribution in [1.29, 1.82) is 0 Å². The van der Waals surface area contributed by atoms with Crippen LogP contribution >= 0.6 is 11.6 Å². The van der Waals surface area contributed by atoms with Crippen LogP contribution in [-0.2, 0) is 19.2 Å². The van der Waals surface area contributed by atoms with Crippen LogP contribution in [0.5, 0.6) is 5.75 Å². The fourth-order valence-electron chi connectivity index (χ4n) is 3.02. The molecule has 0 aliphatic carbocycles. The van der Waals surface area contributed by atoms with Gasteiger partial charge < -0.3 is 4.74 Å². The molecule has 0 spiro atoms. The Labute approximate surface area is 184 Å². The molecule has 31 heavy (non-hydrogen) atoms. The minimum absolute atomic E-state index is 0.255. The molecule has 0 aromatic heterocycles. The molecule has 0 saturated carbocycles. The normalized spacial score (nSPS) is 15.9. The van der Waals surface area contributed by atoms with Gasteiger partial charge in [-0.2, -0.15) is 0 Å². The summed E-state index contributed by atoms with van der Waals surface area (Å²) in [6.07, 6.45) is 2.42. The molecule has 2 aromatic carbocycles. The molecule has 1 fully saturated rings. The SMILES string of the molecule is CC=CC(=O)N(NC(=O)COc1ccc(Cl)cc1)C1CC(=O)N(c2ccccc2)C1=O. The molecule has 0 bridgehead atoms. The summed E-state index contributed by atoms with van der Waals surface area (Å²) in [6, 6.07) is 13.6. The van der Waals surface area contributed by atoms with Crippen molar-refractivity contribution in [3.8, 4) is 5.75 Å². The van der Waals surface area contributed by atoms with E-state index in [4.69, 9.17) is 16.3 Å². The highest BCUT2D eigenvalue weighted by molar-refractivity contribution is 6.30. The van der Waals surface area contributed by atoms with E-state index in [0.717, 1.165) is 9.91 Å². The molecule has 1 unspecified atom stereocenters. The van der Waals surface area contributed by atoms with Crippen LogP contribution in [-0.4, -0.2) is 41.3 Å². The van der Waals surface area contributed by atoms with Crippen molar-refractivity contribution in [1.82, 2.24) is 10.4 Å². The summed E-state index contributed by atoms with van der Waals surface area (Å²) in [4.78, 5) is 51.4. The molecule has 4 amide bonds. The van der Waals surface area contributed by atoms with Gasteiger partial charge in [0.1, 0.15) is 11.8 Å². The zero-order valence-corrected chi connectivity index (χ0v) is 17.4. The highest BCUT2D eigenvalue weighted by atomic mass is 35.5. The van der Waals surface area contributed by atoms with Crippen molar-refractivity contribution in [2.45, 2.75) is 19.4 Å². The standard InChI is InChI=1S/C22H20ClN3O5/c1-2-6-20(28)26(24-19(27)14-31-17-11-9-15(23)10-12-17)18-13-21(29)25(22(18)30)16-7-4-3-5-8-16/h2-12,18H,13-14H2,1H3,(H,24,27). The molecule has 1 aliphatic heterocycles. The number of carbonyl (C=O) groups excluding carboxylic acids is 4. The third-order valence-electron chi connectivity index (χ3n) is 4.42. The van der Waals surface area contributed by atoms with E-state index in [-0.39, 0.29) is 6.42 Å². The molecule has 8 nitrogen and oxygen atoms in total. The maximum Gasteiger partial charge on any atom is 0.276 e. The molecule has 0 radical (unpaired) electrons. The van der Waals surface area contributed by atoms with Gasteiger partial charge in [0, 0.05) is 11.1 Å². The molecule has 3 rings (SSSR count). The third-order valence-corrected chi connectivity index (χ3v) is 4.68. The van der Waals surface area contributed by atoms with Crippen LogP contribution < -0.4 is 15.1 Å². The first-order valence-electron chi connectivity index (χ1n) is 9.46. The first-order chi connectivity index (χ1) is 14.9. The van der Waals surface area contributed by atoms with Crippen molar-refractivity contribution >= 4 is 40.9 Å². The fourth-order valence-corrected chi connectivity index (χ4v) is 3.15. The lowest BCUT2D eigenvalue weighted by Crippen LogP contribution is -2.55. The summed E-state index contributed by atoms with van der Waals surface area (Å²) >= 11 is 5.81. The lowest BCUT2D eigenvalue weighted by atomic mass is 10.2. The number of anilines is 1. The molecule has 160 valence electrons. The van der Waals surface area contributed by atoms with Crippen LogP contribution in [0.3, 0.4) is 0 Å². The summed E-state index contributed by atoms with van der Waals surface area (Å²) in [6.45, 7) is 1.22. The Morgan fingerprint density at radius 1 is 1.16 bits per heavy atom. The quantitative estimate of drug-likeness (QED) is 0.422. The maximum atomic E-state index is 13.0. The molecule has 2 aromatic rings. The smallest absolute Gasteiger partial charge is 0.276 e. The van der Waals surface area contributed by atoms with E-state index >= 15 is 0 Å². The second-order valence-electron chi connectivity index (χ2n) is 6.61. The second-order valence-corrected chi connectivity index (χ2v) is 7.05. The summed E-state index contributed by atoms with van der Waals surface area (Å²) < 4.78 is 5.38. The molecule has 1 N–H and O–H groups in total. The highest BCUT2D eigenvalue weighted by Crippen LogP contribution is 2.25. The topological polar surface area (TPSA) is 96.0 Å². The van der Waals surface area contributed by atoms with E-state index in [1.165, 1.54) is 12.2 Å². The van der Waals surface area contributed by atoms with Gasteiger partial charge in [-0.15, -0.1) is 0 Å². The summed E-state index contributed by atoms with van der Waals surface area (Å²) in [5.74, 6) is -1.96. The number of rotatable bonds is 6. The van der Waals surface area contributed by atoms with E-state index in [0.29, 0.717) is 16.5 Å². The molecule has 1 saturated heterocycles. The number of benzene rings is 2. The van der Waals surface area contributed by atoms with Crippen molar-refractivity contribution < 1.29 is 23.9 Å². The van der Waals surface area contributed by atoms with Crippen molar-refractivity contribution in [3.05, 3.63) is 71.8 Å². The zero-order valence-electron chi connectivity index (χ0n) is 16.7. The number of para-hydroxylation sites is 1. The van der Waals surface area contributed by atoms with E-state index in [2.05, 4.69) is 5.43 Å².